The molecule has 2 atom stereocenters. The van der Waals surface area contributed by atoms with Crippen molar-refractivity contribution in [2.45, 2.75) is 13.8 Å². The normalized spacial score (nSPS) is 22.3. The first-order valence-corrected chi connectivity index (χ1v) is 8.76. The van der Waals surface area contributed by atoms with Gasteiger partial charge in [-0.2, -0.15) is 0 Å². The van der Waals surface area contributed by atoms with Crippen LogP contribution in [0.4, 0.5) is 0 Å². The summed E-state index contributed by atoms with van der Waals surface area (Å²) >= 11 is 0. The van der Waals surface area contributed by atoms with Gasteiger partial charge in [0.2, 0.25) is 0 Å². The van der Waals surface area contributed by atoms with Crippen molar-refractivity contribution < 1.29 is 38.1 Å². The highest BCUT2D eigenvalue weighted by molar-refractivity contribution is 6.10. The van der Waals surface area contributed by atoms with Crippen LogP contribution < -0.4 is 0 Å². The van der Waals surface area contributed by atoms with Gasteiger partial charge in [-0.15, -0.1) is 0 Å². The number of carbonyl (C=O) groups is 4. The number of carbonyl (C=O) groups excluding carboxylic acids is 4. The van der Waals surface area contributed by atoms with Crippen LogP contribution in [0.3, 0.4) is 0 Å². The highest BCUT2D eigenvalue weighted by Crippen LogP contribution is 2.33. The molecule has 10 heteroatoms. The quantitative estimate of drug-likeness (QED) is 0.459. The minimum absolute atomic E-state index is 0.0904. The lowest BCUT2D eigenvalue weighted by atomic mass is 9.80. The van der Waals surface area contributed by atoms with Crippen LogP contribution in [0, 0.1) is 11.8 Å². The van der Waals surface area contributed by atoms with Crippen molar-refractivity contribution in [2.75, 3.05) is 47.1 Å². The summed E-state index contributed by atoms with van der Waals surface area (Å²) < 4.78 is 19.9. The van der Waals surface area contributed by atoms with Crippen LogP contribution in [-0.2, 0) is 38.1 Å². The molecule has 2 rings (SSSR count). The molecule has 0 radical (unpaired) electrons. The summed E-state index contributed by atoms with van der Waals surface area (Å²) in [5, 5.41) is 0. The van der Waals surface area contributed by atoms with Gasteiger partial charge in [0, 0.05) is 24.5 Å². The van der Waals surface area contributed by atoms with Gasteiger partial charge in [0.1, 0.15) is 11.8 Å². The molecule has 0 spiro atoms. The molecule has 0 aliphatic carbocycles. The number of aliphatic imine (C=N–C) groups is 1. The van der Waals surface area contributed by atoms with Gasteiger partial charge in [-0.25, -0.2) is 4.79 Å². The highest BCUT2D eigenvalue weighted by atomic mass is 16.5. The van der Waals surface area contributed by atoms with E-state index in [-0.39, 0.29) is 17.2 Å². The van der Waals surface area contributed by atoms with E-state index in [1.54, 1.807) is 6.92 Å². The minimum Gasteiger partial charge on any atom is -0.468 e. The van der Waals surface area contributed by atoms with Gasteiger partial charge in [-0.05, 0) is 13.8 Å². The van der Waals surface area contributed by atoms with Crippen LogP contribution in [0.15, 0.2) is 16.3 Å². The van der Waals surface area contributed by atoms with Crippen molar-refractivity contribution in [3.63, 3.8) is 0 Å². The third kappa shape index (κ3) is 4.56. The molecule has 0 saturated carbocycles. The predicted molar refractivity (Wildman–Crippen MR) is 95.2 cm³/mol. The molecule has 154 valence electrons. The number of amides is 1. The van der Waals surface area contributed by atoms with E-state index in [9.17, 15) is 19.2 Å². The monoisotopic (exact) mass is 396 g/mol. The first-order valence-electron chi connectivity index (χ1n) is 8.76. The molecule has 1 fully saturated rings. The standard InChI is InChI=1S/C18H24N2O8/c1-10-13(16(22)25-3)15(14(11(2)19-10)17(23)26-4)18(24)28-9-12(21)20-5-7-27-8-6-20/h13,15H,5-9H2,1-4H3/t13?,15-/m0/s1. The van der Waals surface area contributed by atoms with E-state index in [2.05, 4.69) is 4.99 Å². The maximum Gasteiger partial charge on any atom is 0.336 e. The van der Waals surface area contributed by atoms with Gasteiger partial charge < -0.3 is 23.8 Å². The zero-order chi connectivity index (χ0) is 20.8. The van der Waals surface area contributed by atoms with E-state index >= 15 is 0 Å². The van der Waals surface area contributed by atoms with Crippen LogP contribution in [0.5, 0.6) is 0 Å². The number of ether oxygens (including phenoxy) is 4. The fraction of sp³-hybridized carbons (Fsp3) is 0.611. The Bertz CT molecular complexity index is 721. The van der Waals surface area contributed by atoms with Gasteiger partial charge in [-0.3, -0.25) is 19.4 Å². The van der Waals surface area contributed by atoms with E-state index in [1.165, 1.54) is 18.9 Å². The molecule has 28 heavy (non-hydrogen) atoms. The molecule has 10 nitrogen and oxygen atoms in total. The Balaban J connectivity index is 2.23. The summed E-state index contributed by atoms with van der Waals surface area (Å²) in [5.41, 5.74) is 0.455. The van der Waals surface area contributed by atoms with E-state index in [0.717, 1.165) is 7.11 Å². The second kappa shape index (κ2) is 9.45. The Morgan fingerprint density at radius 2 is 1.68 bits per heavy atom. The fourth-order valence-electron chi connectivity index (χ4n) is 3.23. The molecule has 0 aromatic rings. The first kappa shape index (κ1) is 21.5. The summed E-state index contributed by atoms with van der Waals surface area (Å²) in [4.78, 5) is 55.3. The van der Waals surface area contributed by atoms with Gasteiger partial charge >= 0.3 is 17.9 Å². The highest BCUT2D eigenvalue weighted by Gasteiger charge is 2.46. The molecule has 0 N–H and O–H groups in total. The zero-order valence-electron chi connectivity index (χ0n) is 16.4. The summed E-state index contributed by atoms with van der Waals surface area (Å²) in [6.07, 6.45) is 0. The number of esters is 3. The van der Waals surface area contributed by atoms with Crippen LogP contribution >= 0.6 is 0 Å². The lowest BCUT2D eigenvalue weighted by molar-refractivity contribution is -0.160. The van der Waals surface area contributed by atoms with Crippen molar-refractivity contribution in [2.24, 2.45) is 16.8 Å². The first-order chi connectivity index (χ1) is 13.3. The predicted octanol–water partition coefficient (Wildman–Crippen LogP) is -0.285. The molecule has 1 amide bonds. The molecular weight excluding hydrogens is 372 g/mol. The Labute approximate surface area is 162 Å². The zero-order valence-corrected chi connectivity index (χ0v) is 16.4. The molecule has 2 aliphatic rings. The number of morpholine rings is 1. The van der Waals surface area contributed by atoms with Crippen molar-refractivity contribution in [3.05, 3.63) is 11.3 Å². The second-order valence-electron chi connectivity index (χ2n) is 6.32. The van der Waals surface area contributed by atoms with Gasteiger partial charge in [0.05, 0.1) is 33.0 Å². The van der Waals surface area contributed by atoms with E-state index in [1.807, 2.05) is 0 Å². The lowest BCUT2D eigenvalue weighted by Crippen LogP contribution is -2.45. The third-order valence-corrected chi connectivity index (χ3v) is 4.64. The van der Waals surface area contributed by atoms with Crippen LogP contribution in [-0.4, -0.2) is 81.6 Å². The van der Waals surface area contributed by atoms with Crippen molar-refractivity contribution in [1.82, 2.24) is 4.90 Å². The number of nitrogens with zero attached hydrogens (tertiary/aromatic N) is 2. The minimum atomic E-state index is -1.31. The Morgan fingerprint density at radius 1 is 1.04 bits per heavy atom. The lowest BCUT2D eigenvalue weighted by Gasteiger charge is -2.30. The largest absolute Gasteiger partial charge is 0.468 e. The molecule has 2 heterocycles. The maximum atomic E-state index is 12.8. The average molecular weight is 396 g/mol. The van der Waals surface area contributed by atoms with Gasteiger partial charge in [0.25, 0.3) is 5.91 Å². The Hall–Kier alpha value is -2.75. The fourth-order valence-corrected chi connectivity index (χ4v) is 3.23. The Morgan fingerprint density at radius 3 is 2.25 bits per heavy atom. The van der Waals surface area contributed by atoms with Crippen molar-refractivity contribution >= 4 is 29.5 Å². The summed E-state index contributed by atoms with van der Waals surface area (Å²) in [6.45, 7) is 4.22. The molecule has 1 unspecified atom stereocenters. The number of allylic oxidation sites excluding steroid dienone is 1. The van der Waals surface area contributed by atoms with Crippen LogP contribution in [0.25, 0.3) is 0 Å². The van der Waals surface area contributed by atoms with Gasteiger partial charge in [0.15, 0.2) is 6.61 Å². The SMILES string of the molecule is COC(=O)C1=C(C)N=C(C)C(C(=O)OC)[C@@H]1C(=O)OCC(=O)N1CCOCC1. The number of hydrogen-bond donors (Lipinski definition) is 0. The van der Waals surface area contributed by atoms with E-state index in [4.69, 9.17) is 18.9 Å². The summed E-state index contributed by atoms with van der Waals surface area (Å²) in [6, 6.07) is 0. The number of rotatable bonds is 5. The molecule has 0 aromatic heterocycles. The molecule has 0 bridgehead atoms. The average Bonchev–Trinajstić information content (AvgIpc) is 2.70. The van der Waals surface area contributed by atoms with Gasteiger partial charge in [-0.1, -0.05) is 0 Å². The number of hydrogen-bond acceptors (Lipinski definition) is 9. The molecule has 1 saturated heterocycles. The van der Waals surface area contributed by atoms with Crippen molar-refractivity contribution in [1.29, 1.82) is 0 Å². The third-order valence-electron chi connectivity index (χ3n) is 4.64. The summed E-state index contributed by atoms with van der Waals surface area (Å²) in [7, 11) is 2.33. The molecule has 0 aromatic carbocycles. The second-order valence-corrected chi connectivity index (χ2v) is 6.32. The van der Waals surface area contributed by atoms with E-state index in [0.29, 0.717) is 32.0 Å². The molecular formula is C18H24N2O8. The van der Waals surface area contributed by atoms with Crippen molar-refractivity contribution in [3.8, 4) is 0 Å². The maximum absolute atomic E-state index is 12.8. The number of methoxy groups -OCH3 is 2. The molecule has 2 aliphatic heterocycles. The van der Waals surface area contributed by atoms with Crippen LogP contribution in [0.1, 0.15) is 13.8 Å². The van der Waals surface area contributed by atoms with E-state index < -0.39 is 36.4 Å². The Kier molecular flexibility index (Phi) is 7.27. The smallest absolute Gasteiger partial charge is 0.336 e. The van der Waals surface area contributed by atoms with Crippen LogP contribution in [0.2, 0.25) is 0 Å². The summed E-state index contributed by atoms with van der Waals surface area (Å²) in [5.74, 6) is -5.27. The topological polar surface area (TPSA) is 121 Å².